The van der Waals surface area contributed by atoms with Crippen LogP contribution >= 0.6 is 0 Å². The van der Waals surface area contributed by atoms with Gasteiger partial charge in [-0.1, -0.05) is 37.0 Å². The van der Waals surface area contributed by atoms with Crippen LogP contribution in [-0.4, -0.2) is 18.3 Å². The molecule has 0 saturated heterocycles. The van der Waals surface area contributed by atoms with E-state index in [1.165, 1.54) is 21.9 Å². The number of hydrogen-bond donors (Lipinski definition) is 1. The highest BCUT2D eigenvalue weighted by molar-refractivity contribution is 5.93. The quantitative estimate of drug-likeness (QED) is 0.568. The van der Waals surface area contributed by atoms with Gasteiger partial charge >= 0.3 is 0 Å². The van der Waals surface area contributed by atoms with Crippen molar-refractivity contribution in [2.45, 2.75) is 44.6 Å². The van der Waals surface area contributed by atoms with Crippen LogP contribution in [0.3, 0.4) is 0 Å². The highest BCUT2D eigenvalue weighted by Gasteiger charge is 2.47. The van der Waals surface area contributed by atoms with Crippen molar-refractivity contribution in [2.75, 3.05) is 7.11 Å². The van der Waals surface area contributed by atoms with E-state index in [0.717, 1.165) is 42.6 Å². The van der Waals surface area contributed by atoms with E-state index < -0.39 is 0 Å². The molecule has 0 amide bonds. The van der Waals surface area contributed by atoms with E-state index in [9.17, 15) is 5.11 Å². The van der Waals surface area contributed by atoms with Crippen LogP contribution in [0, 0.1) is 17.3 Å². The second-order valence-electron chi connectivity index (χ2n) is 8.82. The van der Waals surface area contributed by atoms with Crippen molar-refractivity contribution >= 4 is 10.8 Å². The summed E-state index contributed by atoms with van der Waals surface area (Å²) in [7, 11) is 1.72. The summed E-state index contributed by atoms with van der Waals surface area (Å²) in [6, 6.07) is 18.8. The predicted octanol–water partition coefficient (Wildman–Crippen LogP) is 5.44. The minimum absolute atomic E-state index is 0.184. The Morgan fingerprint density at radius 2 is 1.86 bits per heavy atom. The van der Waals surface area contributed by atoms with Crippen LogP contribution in [-0.2, 0) is 6.42 Å². The maximum atomic E-state index is 10.4. The Morgan fingerprint density at radius 3 is 2.66 bits per heavy atom. The molecule has 0 heterocycles. The van der Waals surface area contributed by atoms with Crippen LogP contribution in [0.2, 0.25) is 0 Å². The molecule has 146 valence electrons. The maximum absolute atomic E-state index is 10.4. The number of aliphatic hydroxyl groups excluding tert-OH is 1. The third kappa shape index (κ3) is 3.11. The summed E-state index contributed by atoms with van der Waals surface area (Å²) >= 11 is 0. The number of rotatable bonds is 1. The zero-order chi connectivity index (χ0) is 20.0. The van der Waals surface area contributed by atoms with Crippen LogP contribution in [0.5, 0.6) is 5.75 Å². The van der Waals surface area contributed by atoms with Crippen molar-refractivity contribution < 1.29 is 9.84 Å². The largest absolute Gasteiger partial charge is 0.497 e. The monoisotopic (exact) mass is 382 g/mol. The lowest BCUT2D eigenvalue weighted by atomic mass is 9.66. The smallest absolute Gasteiger partial charge is 0.119 e. The second-order valence-corrected chi connectivity index (χ2v) is 8.82. The van der Waals surface area contributed by atoms with Crippen molar-refractivity contribution in [2.24, 2.45) is 5.41 Å². The van der Waals surface area contributed by atoms with Crippen LogP contribution in [0.25, 0.3) is 10.8 Å². The van der Waals surface area contributed by atoms with Gasteiger partial charge < -0.3 is 9.84 Å². The Labute approximate surface area is 172 Å². The molecule has 1 N–H and O–H groups in total. The van der Waals surface area contributed by atoms with Crippen molar-refractivity contribution in [1.82, 2.24) is 0 Å². The average molecular weight is 383 g/mol. The number of methoxy groups -OCH3 is 1. The molecule has 2 nitrogen and oxygen atoms in total. The Kier molecular flexibility index (Phi) is 4.37. The molecule has 0 radical (unpaired) electrons. The molecule has 2 aliphatic carbocycles. The lowest BCUT2D eigenvalue weighted by molar-refractivity contribution is 0.159. The molecule has 1 fully saturated rings. The molecule has 0 unspecified atom stereocenters. The van der Waals surface area contributed by atoms with E-state index in [1.807, 2.05) is 36.4 Å². The van der Waals surface area contributed by atoms with E-state index in [1.54, 1.807) is 7.11 Å². The normalized spacial score (nSPS) is 25.1. The standard InChI is InChI=1S/C27H26O2/c1-27-13-12-23-24-16-21(29-2)10-11-22(24)19(9-8-18-6-4-3-5-7-18)14-25(23)26(27)15-20(28)17-27/h3-7,10-11,14,16,20,26,28H,12-13,15,17H2,1-2H3/t20-,26-,27+/m0/s1. The fourth-order valence-electron chi connectivity index (χ4n) is 5.47. The number of hydrogen-bond acceptors (Lipinski definition) is 2. The van der Waals surface area contributed by atoms with Gasteiger partial charge in [0.05, 0.1) is 13.2 Å². The van der Waals surface area contributed by atoms with Gasteiger partial charge in [0, 0.05) is 11.1 Å². The Morgan fingerprint density at radius 1 is 1.03 bits per heavy atom. The molecule has 3 aromatic carbocycles. The van der Waals surface area contributed by atoms with Gasteiger partial charge in [-0.15, -0.1) is 0 Å². The number of benzene rings is 3. The molecule has 2 aliphatic rings. The lowest BCUT2D eigenvalue weighted by Gasteiger charge is -2.38. The van der Waals surface area contributed by atoms with Gasteiger partial charge in [0.2, 0.25) is 0 Å². The van der Waals surface area contributed by atoms with E-state index >= 15 is 0 Å². The molecular weight excluding hydrogens is 356 g/mol. The van der Waals surface area contributed by atoms with Crippen molar-refractivity contribution in [1.29, 1.82) is 0 Å². The van der Waals surface area contributed by atoms with Gasteiger partial charge in [-0.25, -0.2) is 0 Å². The molecule has 5 rings (SSSR count). The summed E-state index contributed by atoms with van der Waals surface area (Å²) in [5, 5.41) is 12.9. The highest BCUT2D eigenvalue weighted by Crippen LogP contribution is 2.56. The first-order valence-electron chi connectivity index (χ1n) is 10.5. The Hall–Kier alpha value is -2.76. The summed E-state index contributed by atoms with van der Waals surface area (Å²) in [4.78, 5) is 0. The van der Waals surface area contributed by atoms with Gasteiger partial charge in [-0.2, -0.15) is 0 Å². The predicted molar refractivity (Wildman–Crippen MR) is 117 cm³/mol. The number of ether oxygens (including phenoxy) is 1. The summed E-state index contributed by atoms with van der Waals surface area (Å²) in [5.41, 5.74) is 5.07. The van der Waals surface area contributed by atoms with Crippen molar-refractivity contribution in [3.05, 3.63) is 76.9 Å². The molecular formula is C27H26O2. The number of fused-ring (bicyclic) bond motifs is 5. The zero-order valence-electron chi connectivity index (χ0n) is 17.0. The second kappa shape index (κ2) is 6.94. The first-order valence-corrected chi connectivity index (χ1v) is 10.5. The first kappa shape index (κ1) is 18.3. The molecule has 3 atom stereocenters. The van der Waals surface area contributed by atoms with E-state index in [-0.39, 0.29) is 11.5 Å². The summed E-state index contributed by atoms with van der Waals surface area (Å²) in [6.45, 7) is 2.35. The van der Waals surface area contributed by atoms with Crippen molar-refractivity contribution in [3.8, 4) is 17.6 Å². The minimum Gasteiger partial charge on any atom is -0.497 e. The third-order valence-electron chi connectivity index (χ3n) is 6.98. The Bertz CT molecular complexity index is 1140. The van der Waals surface area contributed by atoms with Gasteiger partial charge in [-0.3, -0.25) is 0 Å². The lowest BCUT2D eigenvalue weighted by Crippen LogP contribution is -2.27. The minimum atomic E-state index is -0.198. The number of aliphatic hydroxyl groups is 1. The van der Waals surface area contributed by atoms with Gasteiger partial charge in [0.25, 0.3) is 0 Å². The molecule has 1 saturated carbocycles. The van der Waals surface area contributed by atoms with Gasteiger partial charge in [0.1, 0.15) is 5.75 Å². The third-order valence-corrected chi connectivity index (χ3v) is 6.98. The molecule has 0 aromatic heterocycles. The number of aryl methyl sites for hydroxylation is 1. The molecule has 0 bridgehead atoms. The SMILES string of the molecule is COc1ccc2c(C#Cc3ccccc3)cc3c(c2c1)CC[C@]1(C)C[C@@H](O)C[C@@H]31. The summed E-state index contributed by atoms with van der Waals surface area (Å²) in [5.74, 6) is 8.06. The fraction of sp³-hybridized carbons (Fsp3) is 0.333. The summed E-state index contributed by atoms with van der Waals surface area (Å²) in [6.07, 6.45) is 3.73. The first-order chi connectivity index (χ1) is 14.1. The summed E-state index contributed by atoms with van der Waals surface area (Å²) < 4.78 is 5.53. The van der Waals surface area contributed by atoms with E-state index in [0.29, 0.717) is 5.92 Å². The van der Waals surface area contributed by atoms with Gasteiger partial charge in [0.15, 0.2) is 0 Å². The zero-order valence-corrected chi connectivity index (χ0v) is 17.0. The highest BCUT2D eigenvalue weighted by atomic mass is 16.5. The fourth-order valence-corrected chi connectivity index (χ4v) is 5.47. The van der Waals surface area contributed by atoms with Crippen LogP contribution in [0.15, 0.2) is 54.6 Å². The molecule has 29 heavy (non-hydrogen) atoms. The molecule has 0 spiro atoms. The average Bonchev–Trinajstić information content (AvgIpc) is 3.06. The van der Waals surface area contributed by atoms with E-state index in [4.69, 9.17) is 4.74 Å². The van der Waals surface area contributed by atoms with Crippen molar-refractivity contribution in [3.63, 3.8) is 0 Å². The van der Waals surface area contributed by atoms with Crippen LogP contribution in [0.4, 0.5) is 0 Å². The molecule has 0 aliphatic heterocycles. The topological polar surface area (TPSA) is 29.5 Å². The van der Waals surface area contributed by atoms with Crippen LogP contribution < -0.4 is 4.74 Å². The van der Waals surface area contributed by atoms with Gasteiger partial charge in [-0.05, 0) is 95.3 Å². The molecule has 3 aromatic rings. The van der Waals surface area contributed by atoms with Crippen LogP contribution in [0.1, 0.15) is 54.4 Å². The van der Waals surface area contributed by atoms with E-state index in [2.05, 4.69) is 37.0 Å². The Balaban J connectivity index is 1.73. The maximum Gasteiger partial charge on any atom is 0.119 e. The molecule has 2 heteroatoms.